The van der Waals surface area contributed by atoms with Crippen LogP contribution in [0.1, 0.15) is 25.0 Å². The van der Waals surface area contributed by atoms with Crippen LogP contribution in [0, 0.1) is 5.92 Å². The Morgan fingerprint density at radius 3 is 2.50 bits per heavy atom. The monoisotopic (exact) mass is 345 g/mol. The van der Waals surface area contributed by atoms with E-state index < -0.39 is 15.9 Å². The topological polar surface area (TPSA) is 89.0 Å². The third kappa shape index (κ3) is 5.27. The third-order valence-corrected chi connectivity index (χ3v) is 4.33. The smallest absolute Gasteiger partial charge is 0.269 e. The van der Waals surface area contributed by atoms with Crippen LogP contribution in [0.3, 0.4) is 0 Å². The summed E-state index contributed by atoms with van der Waals surface area (Å²) >= 11 is 0. The summed E-state index contributed by atoms with van der Waals surface area (Å²) in [6.07, 6.45) is 7.39. The van der Waals surface area contributed by atoms with Gasteiger partial charge in [0.1, 0.15) is 0 Å². The van der Waals surface area contributed by atoms with Crippen LogP contribution in [0.2, 0.25) is 0 Å². The zero-order valence-corrected chi connectivity index (χ0v) is 14.3. The lowest BCUT2D eigenvalue weighted by atomic mass is 10.0. The molecule has 1 amide bonds. The largest absolute Gasteiger partial charge is 0.283 e. The van der Waals surface area contributed by atoms with Crippen LogP contribution in [-0.4, -0.2) is 24.3 Å². The van der Waals surface area contributed by atoms with E-state index >= 15 is 0 Å². The predicted molar refractivity (Wildman–Crippen MR) is 91.4 cm³/mol. The van der Waals surface area contributed by atoms with Gasteiger partial charge in [-0.3, -0.25) is 9.78 Å². The van der Waals surface area contributed by atoms with E-state index in [9.17, 15) is 13.2 Å². The van der Waals surface area contributed by atoms with E-state index in [0.29, 0.717) is 5.92 Å². The Morgan fingerprint density at radius 2 is 1.92 bits per heavy atom. The first-order valence-corrected chi connectivity index (χ1v) is 8.95. The molecular weight excluding hydrogens is 326 g/mol. The lowest BCUT2D eigenvalue weighted by Crippen LogP contribution is -2.29. The molecule has 1 N–H and O–H groups in total. The maximum Gasteiger partial charge on any atom is 0.283 e. The first-order valence-electron chi connectivity index (χ1n) is 7.46. The number of hydrogen-bond acceptors (Lipinski definition) is 5. The zero-order chi connectivity index (χ0) is 17.6. The number of nitrogens with zero attached hydrogens (tertiary/aromatic N) is 2. The number of sulfonamides is 1. The highest BCUT2D eigenvalue weighted by Gasteiger charge is 2.17. The molecule has 2 rings (SSSR count). The Labute approximate surface area is 141 Å². The van der Waals surface area contributed by atoms with Crippen LogP contribution in [0.5, 0.6) is 0 Å². The SMILES string of the molecule is CC(C)Cc1ccc(C=CC(=O)NS(=O)(=O)c2cnccn2)cc1. The fourth-order valence-corrected chi connectivity index (χ4v) is 2.89. The molecule has 0 saturated carbocycles. The number of benzene rings is 1. The number of rotatable bonds is 6. The highest BCUT2D eigenvalue weighted by molar-refractivity contribution is 7.90. The van der Waals surface area contributed by atoms with E-state index in [1.54, 1.807) is 6.08 Å². The Bertz CT molecular complexity index is 814. The van der Waals surface area contributed by atoms with Crippen LogP contribution in [0.4, 0.5) is 0 Å². The predicted octanol–water partition coefficient (Wildman–Crippen LogP) is 2.19. The Hall–Kier alpha value is -2.54. The molecule has 0 fully saturated rings. The van der Waals surface area contributed by atoms with Gasteiger partial charge in [0.15, 0.2) is 5.03 Å². The molecule has 0 unspecified atom stereocenters. The molecule has 0 saturated heterocycles. The van der Waals surface area contributed by atoms with E-state index in [2.05, 4.69) is 23.8 Å². The van der Waals surface area contributed by atoms with Gasteiger partial charge in [-0.1, -0.05) is 38.1 Å². The minimum absolute atomic E-state index is 0.301. The van der Waals surface area contributed by atoms with Crippen LogP contribution < -0.4 is 4.72 Å². The van der Waals surface area contributed by atoms with Gasteiger partial charge in [0, 0.05) is 18.5 Å². The van der Waals surface area contributed by atoms with E-state index in [0.717, 1.165) is 18.2 Å². The summed E-state index contributed by atoms with van der Waals surface area (Å²) in [5.74, 6) is -0.171. The van der Waals surface area contributed by atoms with Crippen molar-refractivity contribution in [1.29, 1.82) is 0 Å². The van der Waals surface area contributed by atoms with Crippen molar-refractivity contribution in [2.75, 3.05) is 0 Å². The van der Waals surface area contributed by atoms with E-state index in [-0.39, 0.29) is 5.03 Å². The Balaban J connectivity index is 2.00. The fourth-order valence-electron chi connectivity index (χ4n) is 2.05. The molecule has 6 nitrogen and oxygen atoms in total. The van der Waals surface area contributed by atoms with Crippen molar-refractivity contribution in [1.82, 2.24) is 14.7 Å². The first-order chi connectivity index (χ1) is 11.4. The summed E-state index contributed by atoms with van der Waals surface area (Å²) in [6, 6.07) is 7.76. The standard InChI is InChI=1S/C17H19N3O3S/c1-13(2)11-15-5-3-14(4-6-15)7-8-16(21)20-24(22,23)17-12-18-9-10-19-17/h3-10,12-13H,11H2,1-2H3,(H,20,21). The van der Waals surface area contributed by atoms with Crippen molar-refractivity contribution in [2.24, 2.45) is 5.92 Å². The molecule has 0 atom stereocenters. The van der Waals surface area contributed by atoms with E-state index in [1.165, 1.54) is 24.0 Å². The molecule has 0 bridgehead atoms. The Kier molecular flexibility index (Phi) is 5.81. The molecule has 7 heteroatoms. The first kappa shape index (κ1) is 17.8. The minimum atomic E-state index is -4.01. The number of carbonyl (C=O) groups is 1. The van der Waals surface area contributed by atoms with Gasteiger partial charge >= 0.3 is 0 Å². The molecule has 0 aliphatic heterocycles. The molecule has 126 valence electrons. The van der Waals surface area contributed by atoms with Crippen molar-refractivity contribution < 1.29 is 13.2 Å². The zero-order valence-electron chi connectivity index (χ0n) is 13.5. The van der Waals surface area contributed by atoms with E-state index in [1.807, 2.05) is 29.0 Å². The number of carbonyl (C=O) groups excluding carboxylic acids is 1. The van der Waals surface area contributed by atoms with Gasteiger partial charge < -0.3 is 0 Å². The summed E-state index contributed by atoms with van der Waals surface area (Å²) in [4.78, 5) is 19.1. The van der Waals surface area contributed by atoms with Crippen LogP contribution in [0.15, 0.2) is 54.0 Å². The normalized spacial score (nSPS) is 11.8. The number of amides is 1. The van der Waals surface area contributed by atoms with Gasteiger partial charge in [0.25, 0.3) is 15.9 Å². The van der Waals surface area contributed by atoms with Crippen molar-refractivity contribution in [3.05, 3.63) is 60.1 Å². The average molecular weight is 345 g/mol. The molecule has 1 aromatic carbocycles. The molecule has 0 spiro atoms. The van der Waals surface area contributed by atoms with Crippen LogP contribution >= 0.6 is 0 Å². The van der Waals surface area contributed by atoms with Crippen molar-refractivity contribution >= 4 is 22.0 Å². The minimum Gasteiger partial charge on any atom is -0.269 e. The summed E-state index contributed by atoms with van der Waals surface area (Å²) in [7, 11) is -4.01. The summed E-state index contributed by atoms with van der Waals surface area (Å²) < 4.78 is 25.8. The van der Waals surface area contributed by atoms with Gasteiger partial charge in [-0.25, -0.2) is 9.71 Å². The molecule has 0 aliphatic rings. The quantitative estimate of drug-likeness (QED) is 0.811. The summed E-state index contributed by atoms with van der Waals surface area (Å²) in [5.41, 5.74) is 2.03. The maximum atomic E-state index is 11.9. The maximum absolute atomic E-state index is 11.9. The van der Waals surface area contributed by atoms with E-state index in [4.69, 9.17) is 0 Å². The second kappa shape index (κ2) is 7.83. The lowest BCUT2D eigenvalue weighted by molar-refractivity contribution is -0.114. The van der Waals surface area contributed by atoms with Gasteiger partial charge in [0.05, 0.1) is 6.20 Å². The molecule has 24 heavy (non-hydrogen) atoms. The van der Waals surface area contributed by atoms with Crippen LogP contribution in [-0.2, 0) is 21.2 Å². The van der Waals surface area contributed by atoms with Crippen molar-refractivity contribution in [3.8, 4) is 0 Å². The van der Waals surface area contributed by atoms with Crippen LogP contribution in [0.25, 0.3) is 6.08 Å². The van der Waals surface area contributed by atoms with Crippen molar-refractivity contribution in [3.63, 3.8) is 0 Å². The number of nitrogens with one attached hydrogen (secondary N) is 1. The molecule has 1 aromatic heterocycles. The highest BCUT2D eigenvalue weighted by Crippen LogP contribution is 2.11. The number of aromatic nitrogens is 2. The van der Waals surface area contributed by atoms with Gasteiger partial charge in [-0.05, 0) is 29.5 Å². The number of hydrogen-bond donors (Lipinski definition) is 1. The van der Waals surface area contributed by atoms with Gasteiger partial charge in [-0.15, -0.1) is 0 Å². The van der Waals surface area contributed by atoms with Gasteiger partial charge in [-0.2, -0.15) is 8.42 Å². The second-order valence-electron chi connectivity index (χ2n) is 5.69. The average Bonchev–Trinajstić information content (AvgIpc) is 2.54. The highest BCUT2D eigenvalue weighted by atomic mass is 32.2. The molecular formula is C17H19N3O3S. The molecule has 1 heterocycles. The summed E-state index contributed by atoms with van der Waals surface area (Å²) in [6.45, 7) is 4.30. The fraction of sp³-hybridized carbons (Fsp3) is 0.235. The van der Waals surface area contributed by atoms with Crippen molar-refractivity contribution in [2.45, 2.75) is 25.3 Å². The second-order valence-corrected chi connectivity index (χ2v) is 7.32. The molecule has 2 aromatic rings. The van der Waals surface area contributed by atoms with Gasteiger partial charge in [0.2, 0.25) is 0 Å². The lowest BCUT2D eigenvalue weighted by Gasteiger charge is -2.05. The third-order valence-electron chi connectivity index (χ3n) is 3.10. The Morgan fingerprint density at radius 1 is 1.21 bits per heavy atom. The summed E-state index contributed by atoms with van der Waals surface area (Å²) in [5, 5.41) is -0.301. The molecule has 0 aliphatic carbocycles. The molecule has 0 radical (unpaired) electrons.